The molecule has 154 valence electrons. The van der Waals surface area contributed by atoms with Crippen molar-refractivity contribution in [1.29, 1.82) is 0 Å². The molecule has 4 aromatic rings. The molecule has 0 bridgehead atoms. The van der Waals surface area contributed by atoms with Gasteiger partial charge >= 0.3 is 0 Å². The summed E-state index contributed by atoms with van der Waals surface area (Å²) in [6.07, 6.45) is 3.90. The Labute approximate surface area is 183 Å². The van der Waals surface area contributed by atoms with Crippen molar-refractivity contribution in [2.24, 2.45) is 5.92 Å². The lowest BCUT2D eigenvalue weighted by atomic mass is 9.97. The fourth-order valence-electron chi connectivity index (χ4n) is 3.78. The summed E-state index contributed by atoms with van der Waals surface area (Å²) in [5, 5.41) is 10.8. The predicted molar refractivity (Wildman–Crippen MR) is 122 cm³/mol. The molecule has 1 N–H and O–H groups in total. The van der Waals surface area contributed by atoms with Crippen LogP contribution in [-0.4, -0.2) is 33.6 Å². The molecule has 1 aliphatic heterocycles. The molecule has 0 saturated carbocycles. The van der Waals surface area contributed by atoms with Gasteiger partial charge in [-0.1, -0.05) is 47.2 Å². The van der Waals surface area contributed by atoms with Gasteiger partial charge in [0.2, 0.25) is 16.0 Å². The Morgan fingerprint density at radius 3 is 2.90 bits per heavy atom. The number of nitrogens with one attached hydrogen (secondary N) is 1. The maximum absolute atomic E-state index is 12.7. The number of amides is 1. The van der Waals surface area contributed by atoms with E-state index in [9.17, 15) is 4.79 Å². The Morgan fingerprint density at radius 1 is 1.27 bits per heavy atom. The number of carbonyl (C=O) groups excluding carboxylic acids is 1. The van der Waals surface area contributed by atoms with E-state index >= 15 is 0 Å². The van der Waals surface area contributed by atoms with Gasteiger partial charge in [-0.3, -0.25) is 4.79 Å². The van der Waals surface area contributed by atoms with Crippen molar-refractivity contribution in [1.82, 2.24) is 19.9 Å². The van der Waals surface area contributed by atoms with E-state index in [1.54, 1.807) is 22.7 Å². The number of anilines is 1. The van der Waals surface area contributed by atoms with Crippen molar-refractivity contribution in [3.8, 4) is 11.3 Å². The van der Waals surface area contributed by atoms with Gasteiger partial charge in [-0.05, 0) is 31.2 Å². The number of benzene rings is 1. The summed E-state index contributed by atoms with van der Waals surface area (Å²) in [6.45, 7) is 4.32. The highest BCUT2D eigenvalue weighted by Gasteiger charge is 2.27. The Balaban J connectivity index is 1.27. The molecule has 0 spiro atoms. The van der Waals surface area contributed by atoms with Gasteiger partial charge in [0.15, 0.2) is 0 Å². The van der Waals surface area contributed by atoms with Crippen LogP contribution in [0.1, 0.15) is 23.3 Å². The number of aryl methyl sites for hydroxylation is 1. The van der Waals surface area contributed by atoms with Gasteiger partial charge in [0, 0.05) is 23.5 Å². The van der Waals surface area contributed by atoms with Crippen LogP contribution in [0.25, 0.3) is 16.2 Å². The quantitative estimate of drug-likeness (QED) is 0.504. The monoisotopic (exact) mass is 437 g/mol. The summed E-state index contributed by atoms with van der Waals surface area (Å²) < 4.78 is 1.86. The maximum atomic E-state index is 12.7. The van der Waals surface area contributed by atoms with Crippen molar-refractivity contribution < 1.29 is 4.79 Å². The average molecular weight is 438 g/mol. The second-order valence-electron chi connectivity index (χ2n) is 7.69. The van der Waals surface area contributed by atoms with Crippen LogP contribution in [0.15, 0.2) is 48.0 Å². The number of imidazole rings is 1. The molecule has 1 fully saturated rings. The summed E-state index contributed by atoms with van der Waals surface area (Å²) >= 11 is 3.25. The van der Waals surface area contributed by atoms with E-state index < -0.39 is 0 Å². The topological polar surface area (TPSA) is 62.5 Å². The molecule has 3 aromatic heterocycles. The van der Waals surface area contributed by atoms with Gasteiger partial charge in [0.05, 0.1) is 24.4 Å². The molecule has 6 nitrogen and oxygen atoms in total. The lowest BCUT2D eigenvalue weighted by Crippen LogP contribution is -2.42. The van der Waals surface area contributed by atoms with E-state index in [0.29, 0.717) is 13.1 Å². The minimum atomic E-state index is -0.00180. The fraction of sp³-hybridized carbons (Fsp3) is 0.318. The first kappa shape index (κ1) is 19.3. The molecular weight excluding hydrogens is 414 g/mol. The van der Waals surface area contributed by atoms with Crippen LogP contribution >= 0.6 is 22.7 Å². The SMILES string of the molecule is Cc1ccc(-c2cn3nc(N4CCC[C@H](C(=O)NCc5cccs5)C4)sc3n2)cc1. The highest BCUT2D eigenvalue weighted by Crippen LogP contribution is 2.30. The number of piperidine rings is 1. The van der Waals surface area contributed by atoms with Gasteiger partial charge in [0.25, 0.3) is 0 Å². The summed E-state index contributed by atoms with van der Waals surface area (Å²) in [5.74, 6) is 0.133. The first-order valence-electron chi connectivity index (χ1n) is 10.1. The number of rotatable bonds is 5. The van der Waals surface area contributed by atoms with E-state index in [0.717, 1.165) is 40.7 Å². The summed E-state index contributed by atoms with van der Waals surface area (Å²) in [6, 6.07) is 12.4. The molecule has 1 amide bonds. The Morgan fingerprint density at radius 2 is 2.13 bits per heavy atom. The highest BCUT2D eigenvalue weighted by atomic mass is 32.1. The normalized spacial score (nSPS) is 16.8. The molecule has 0 aliphatic carbocycles. The number of nitrogens with zero attached hydrogens (tertiary/aromatic N) is 4. The zero-order valence-corrected chi connectivity index (χ0v) is 18.4. The number of hydrogen-bond acceptors (Lipinski definition) is 6. The van der Waals surface area contributed by atoms with Gasteiger partial charge in [-0.25, -0.2) is 9.50 Å². The minimum absolute atomic E-state index is 0.00180. The first-order valence-corrected chi connectivity index (χ1v) is 11.8. The summed E-state index contributed by atoms with van der Waals surface area (Å²) in [4.78, 5) is 21.7. The smallest absolute Gasteiger partial charge is 0.225 e. The molecule has 1 aliphatic rings. The third kappa shape index (κ3) is 3.97. The van der Waals surface area contributed by atoms with Crippen LogP contribution in [0.4, 0.5) is 5.13 Å². The van der Waals surface area contributed by atoms with E-state index in [2.05, 4.69) is 41.4 Å². The second kappa shape index (κ2) is 8.20. The molecule has 30 heavy (non-hydrogen) atoms. The summed E-state index contributed by atoms with van der Waals surface area (Å²) in [7, 11) is 0. The maximum Gasteiger partial charge on any atom is 0.225 e. The zero-order valence-electron chi connectivity index (χ0n) is 16.7. The summed E-state index contributed by atoms with van der Waals surface area (Å²) in [5.41, 5.74) is 3.27. The molecule has 5 rings (SSSR count). The number of fused-ring (bicyclic) bond motifs is 1. The van der Waals surface area contributed by atoms with E-state index in [-0.39, 0.29) is 11.8 Å². The molecule has 4 heterocycles. The molecule has 0 radical (unpaired) electrons. The van der Waals surface area contributed by atoms with Crippen LogP contribution in [0.5, 0.6) is 0 Å². The molecule has 1 atom stereocenters. The molecular formula is C22H23N5OS2. The van der Waals surface area contributed by atoms with E-state index in [4.69, 9.17) is 10.1 Å². The fourth-order valence-corrected chi connectivity index (χ4v) is 5.34. The molecule has 1 saturated heterocycles. The average Bonchev–Trinajstić information content (AvgIpc) is 3.49. The minimum Gasteiger partial charge on any atom is -0.351 e. The first-order chi connectivity index (χ1) is 14.7. The molecule has 8 heteroatoms. The van der Waals surface area contributed by atoms with Gasteiger partial charge < -0.3 is 10.2 Å². The Hall–Kier alpha value is -2.71. The lowest BCUT2D eigenvalue weighted by molar-refractivity contribution is -0.125. The van der Waals surface area contributed by atoms with Crippen LogP contribution < -0.4 is 10.2 Å². The van der Waals surface area contributed by atoms with Crippen LogP contribution in [0, 0.1) is 12.8 Å². The highest BCUT2D eigenvalue weighted by molar-refractivity contribution is 7.20. The van der Waals surface area contributed by atoms with Crippen LogP contribution in [-0.2, 0) is 11.3 Å². The standard InChI is InChI=1S/C22H23N5OS2/c1-15-6-8-16(9-7-15)19-14-27-21(24-19)30-22(25-27)26-10-2-4-17(13-26)20(28)23-12-18-5-3-11-29-18/h3,5-9,11,14,17H,2,4,10,12-13H2,1H3,(H,23,28)/t17-/m0/s1. The van der Waals surface area contributed by atoms with Crippen LogP contribution in [0.3, 0.4) is 0 Å². The van der Waals surface area contributed by atoms with E-state index in [1.165, 1.54) is 10.4 Å². The third-order valence-electron chi connectivity index (χ3n) is 5.46. The van der Waals surface area contributed by atoms with Crippen molar-refractivity contribution >= 4 is 38.7 Å². The molecule has 1 aromatic carbocycles. The number of carbonyl (C=O) groups is 1. The number of aromatic nitrogens is 3. The largest absolute Gasteiger partial charge is 0.351 e. The van der Waals surface area contributed by atoms with Gasteiger partial charge in [-0.2, -0.15) is 0 Å². The van der Waals surface area contributed by atoms with Crippen molar-refractivity contribution in [3.05, 3.63) is 58.4 Å². The molecule has 0 unspecified atom stereocenters. The Bertz CT molecular complexity index is 1110. The van der Waals surface area contributed by atoms with Crippen molar-refractivity contribution in [2.75, 3.05) is 18.0 Å². The number of hydrogen-bond donors (Lipinski definition) is 1. The third-order valence-corrected chi connectivity index (χ3v) is 7.32. The van der Waals surface area contributed by atoms with Gasteiger partial charge in [-0.15, -0.1) is 16.4 Å². The van der Waals surface area contributed by atoms with E-state index in [1.807, 2.05) is 28.2 Å². The lowest BCUT2D eigenvalue weighted by Gasteiger charge is -2.31. The van der Waals surface area contributed by atoms with Crippen molar-refractivity contribution in [2.45, 2.75) is 26.3 Å². The van der Waals surface area contributed by atoms with Crippen LogP contribution in [0.2, 0.25) is 0 Å². The van der Waals surface area contributed by atoms with Gasteiger partial charge in [0.1, 0.15) is 0 Å². The predicted octanol–water partition coefficient (Wildman–Crippen LogP) is 4.36. The number of thiophene rings is 1. The second-order valence-corrected chi connectivity index (χ2v) is 9.65. The zero-order chi connectivity index (χ0) is 20.5. The Kier molecular flexibility index (Phi) is 5.26. The van der Waals surface area contributed by atoms with Crippen molar-refractivity contribution in [3.63, 3.8) is 0 Å².